The molecule has 152 valence electrons. The molecule has 5 nitrogen and oxygen atoms in total. The van der Waals surface area contributed by atoms with Crippen molar-refractivity contribution in [3.05, 3.63) is 76.9 Å². The summed E-state index contributed by atoms with van der Waals surface area (Å²) in [6.45, 7) is 2.70. The Morgan fingerprint density at radius 3 is 2.97 bits per heavy atom. The number of hydrogen-bond donors (Lipinski definition) is 3. The van der Waals surface area contributed by atoms with Crippen molar-refractivity contribution < 1.29 is 4.39 Å². The molecule has 1 saturated heterocycles. The van der Waals surface area contributed by atoms with Gasteiger partial charge >= 0.3 is 0 Å². The van der Waals surface area contributed by atoms with Crippen LogP contribution in [0.4, 0.5) is 4.39 Å². The Morgan fingerprint density at radius 1 is 1.27 bits per heavy atom. The van der Waals surface area contributed by atoms with Gasteiger partial charge in [0.1, 0.15) is 11.9 Å². The van der Waals surface area contributed by atoms with Crippen molar-refractivity contribution in [1.29, 1.82) is 5.26 Å². The van der Waals surface area contributed by atoms with Gasteiger partial charge in [-0.25, -0.2) is 9.82 Å². The van der Waals surface area contributed by atoms with Crippen molar-refractivity contribution in [2.75, 3.05) is 19.0 Å². The lowest BCUT2D eigenvalue weighted by atomic mass is 9.94. The van der Waals surface area contributed by atoms with Gasteiger partial charge in [-0.05, 0) is 47.4 Å². The Balaban J connectivity index is 1.53. The Morgan fingerprint density at radius 2 is 2.20 bits per heavy atom. The maximum atomic E-state index is 14.4. The summed E-state index contributed by atoms with van der Waals surface area (Å²) in [6, 6.07) is 13.3. The molecule has 0 amide bonds. The Hall–Kier alpha value is -2.79. The lowest BCUT2D eigenvalue weighted by Crippen LogP contribution is -2.45. The van der Waals surface area contributed by atoms with Gasteiger partial charge in [-0.3, -0.25) is 0 Å². The average molecular weight is 420 g/mol. The van der Waals surface area contributed by atoms with Gasteiger partial charge in [-0.15, -0.1) is 11.8 Å². The molecule has 0 radical (unpaired) electrons. The van der Waals surface area contributed by atoms with Gasteiger partial charge in [0.2, 0.25) is 0 Å². The Labute approximate surface area is 179 Å². The second kappa shape index (κ2) is 8.15. The summed E-state index contributed by atoms with van der Waals surface area (Å²) in [4.78, 5) is 1.15. The molecular formula is C23H22FN5S. The number of halogens is 1. The van der Waals surface area contributed by atoms with E-state index in [9.17, 15) is 4.39 Å². The fraction of sp³-hybridized carbons (Fsp3) is 0.261. The minimum absolute atomic E-state index is 0.0664. The molecule has 0 aliphatic carbocycles. The van der Waals surface area contributed by atoms with Crippen LogP contribution in [0.25, 0.3) is 16.0 Å². The van der Waals surface area contributed by atoms with E-state index < -0.39 is 5.82 Å². The van der Waals surface area contributed by atoms with Gasteiger partial charge in [0, 0.05) is 29.4 Å². The van der Waals surface area contributed by atoms with E-state index in [0.717, 1.165) is 53.5 Å². The van der Waals surface area contributed by atoms with E-state index in [1.165, 1.54) is 17.2 Å². The molecule has 0 saturated carbocycles. The molecule has 3 heterocycles. The lowest BCUT2D eigenvalue weighted by Gasteiger charge is -2.25. The molecule has 2 aromatic carbocycles. The summed E-state index contributed by atoms with van der Waals surface area (Å²) in [5.41, 5.74) is 9.14. The van der Waals surface area contributed by atoms with E-state index >= 15 is 0 Å². The predicted molar refractivity (Wildman–Crippen MR) is 118 cm³/mol. The van der Waals surface area contributed by atoms with Crippen LogP contribution < -0.4 is 16.1 Å². The van der Waals surface area contributed by atoms with Gasteiger partial charge in [0.05, 0.1) is 24.0 Å². The molecule has 1 fully saturated rings. The minimum Gasteiger partial charge on any atom is -0.381 e. The van der Waals surface area contributed by atoms with Gasteiger partial charge in [-0.1, -0.05) is 24.3 Å². The van der Waals surface area contributed by atoms with E-state index in [0.29, 0.717) is 6.04 Å². The smallest absolute Gasteiger partial charge is 0.141 e. The number of fused-ring (bicyclic) bond motifs is 1. The van der Waals surface area contributed by atoms with Crippen molar-refractivity contribution in [3.63, 3.8) is 0 Å². The largest absolute Gasteiger partial charge is 0.381 e. The van der Waals surface area contributed by atoms with Crippen LogP contribution >= 0.6 is 11.8 Å². The zero-order valence-electron chi connectivity index (χ0n) is 16.4. The van der Waals surface area contributed by atoms with E-state index in [1.54, 1.807) is 17.8 Å². The fourth-order valence-electron chi connectivity index (χ4n) is 4.26. The number of nitriles is 1. The molecule has 30 heavy (non-hydrogen) atoms. The second-order valence-corrected chi connectivity index (χ2v) is 8.63. The molecule has 2 aromatic rings. The Kier molecular flexibility index (Phi) is 5.21. The van der Waals surface area contributed by atoms with Gasteiger partial charge in [0.25, 0.3) is 0 Å². The van der Waals surface area contributed by atoms with Crippen molar-refractivity contribution >= 4 is 16.7 Å². The zero-order valence-corrected chi connectivity index (χ0v) is 17.2. The average Bonchev–Trinajstić information content (AvgIpc) is 3.43. The minimum atomic E-state index is -0.486. The first-order valence-electron chi connectivity index (χ1n) is 10.1. The third-order valence-corrected chi connectivity index (χ3v) is 6.66. The number of piperidine rings is 1. The quantitative estimate of drug-likeness (QED) is 0.705. The molecule has 1 atom stereocenters. The van der Waals surface area contributed by atoms with Crippen LogP contribution in [0.15, 0.2) is 54.4 Å². The molecule has 0 spiro atoms. The number of hydrazine groups is 1. The SMILES string of the molecule is N#Cc1ccc(-c2cccc(CN3C=C4CCNCC4N3)c2C2=CNCS2)cc1F. The van der Waals surface area contributed by atoms with Gasteiger partial charge in [0.15, 0.2) is 0 Å². The van der Waals surface area contributed by atoms with Crippen LogP contribution in [-0.2, 0) is 6.54 Å². The van der Waals surface area contributed by atoms with Crippen molar-refractivity contribution in [2.45, 2.75) is 19.0 Å². The predicted octanol–water partition coefficient (Wildman–Crippen LogP) is 3.52. The monoisotopic (exact) mass is 419 g/mol. The van der Waals surface area contributed by atoms with Gasteiger partial charge < -0.3 is 15.6 Å². The number of nitrogens with zero attached hydrogens (tertiary/aromatic N) is 2. The number of benzene rings is 2. The van der Waals surface area contributed by atoms with Crippen LogP contribution in [0.2, 0.25) is 0 Å². The molecule has 0 aromatic heterocycles. The normalized spacial score (nSPS) is 20.3. The van der Waals surface area contributed by atoms with Crippen LogP contribution in [0.1, 0.15) is 23.1 Å². The van der Waals surface area contributed by atoms with Crippen LogP contribution in [0.3, 0.4) is 0 Å². The van der Waals surface area contributed by atoms with Crippen molar-refractivity contribution in [3.8, 4) is 17.2 Å². The zero-order chi connectivity index (χ0) is 20.5. The first kappa shape index (κ1) is 19.2. The van der Waals surface area contributed by atoms with Crippen LogP contribution in [0.5, 0.6) is 0 Å². The van der Waals surface area contributed by atoms with Crippen LogP contribution in [-0.4, -0.2) is 30.0 Å². The van der Waals surface area contributed by atoms with Crippen molar-refractivity contribution in [2.24, 2.45) is 0 Å². The summed E-state index contributed by atoms with van der Waals surface area (Å²) in [5, 5.41) is 17.9. The summed E-state index contributed by atoms with van der Waals surface area (Å²) in [6.07, 6.45) is 5.33. The molecule has 1 unspecified atom stereocenters. The molecular weight excluding hydrogens is 397 g/mol. The van der Waals surface area contributed by atoms with Crippen LogP contribution in [0, 0.1) is 17.1 Å². The summed E-state index contributed by atoms with van der Waals surface area (Å²) < 4.78 is 14.4. The fourth-order valence-corrected chi connectivity index (χ4v) is 5.13. The van der Waals surface area contributed by atoms with E-state index in [1.807, 2.05) is 30.5 Å². The third kappa shape index (κ3) is 3.58. The molecule has 0 bridgehead atoms. The van der Waals surface area contributed by atoms with E-state index in [2.05, 4.69) is 33.3 Å². The summed E-state index contributed by atoms with van der Waals surface area (Å²) in [5.74, 6) is 0.338. The van der Waals surface area contributed by atoms with Crippen molar-refractivity contribution in [1.82, 2.24) is 21.1 Å². The highest BCUT2D eigenvalue weighted by Gasteiger charge is 2.27. The Bertz CT molecular complexity index is 1090. The highest BCUT2D eigenvalue weighted by atomic mass is 32.2. The number of nitrogens with one attached hydrogen (secondary N) is 3. The van der Waals surface area contributed by atoms with Gasteiger partial charge in [-0.2, -0.15) is 5.26 Å². The molecule has 7 heteroatoms. The first-order chi connectivity index (χ1) is 14.7. The first-order valence-corrected chi connectivity index (χ1v) is 11.0. The standard InChI is InChI=1S/C23H22FN5S/c24-20-8-15(4-5-16(20)9-25)19-3-1-2-18(23(19)22-11-27-14-30-22)13-29-12-17-6-7-26-10-21(17)28-29/h1-5,8,11-12,21,26-28H,6-7,10,13-14H2. The highest BCUT2D eigenvalue weighted by Crippen LogP contribution is 2.40. The summed E-state index contributed by atoms with van der Waals surface area (Å²) >= 11 is 1.75. The maximum Gasteiger partial charge on any atom is 0.141 e. The number of rotatable bonds is 4. The van der Waals surface area contributed by atoms with E-state index in [4.69, 9.17) is 5.26 Å². The summed E-state index contributed by atoms with van der Waals surface area (Å²) in [7, 11) is 0. The molecule has 3 aliphatic heterocycles. The molecule has 3 N–H and O–H groups in total. The number of hydrogen-bond acceptors (Lipinski definition) is 6. The molecule has 3 aliphatic rings. The maximum absolute atomic E-state index is 14.4. The number of thioether (sulfide) groups is 1. The highest BCUT2D eigenvalue weighted by molar-refractivity contribution is 8.08. The topological polar surface area (TPSA) is 63.1 Å². The van der Waals surface area contributed by atoms with E-state index in [-0.39, 0.29) is 5.56 Å². The third-order valence-electron chi connectivity index (χ3n) is 5.71. The lowest BCUT2D eigenvalue weighted by molar-refractivity contribution is 0.259. The molecule has 5 rings (SSSR count). The second-order valence-electron chi connectivity index (χ2n) is 7.62.